The SMILES string of the molecule is Cc1cc(NNC2=CC(=O)C3=C/C(=N/C(=O)Nc4ccc5c(c4)C=C(S(=O)(=O)[O-])/C(=N\Nc4ccc(C)cc4S(=O)(=O)[O-])C5=O)C=CC3=C2S(=O)(=O)[O-])cc(S(=O)(=O)[O-])c1.[Na+].[Na+].[Na+].[Na+]. The first-order valence-corrected chi connectivity index (χ1v) is 22.1. The van der Waals surface area contributed by atoms with Gasteiger partial charge in [-0.05, 0) is 97.3 Å². The Labute approximate surface area is 454 Å². The van der Waals surface area contributed by atoms with E-state index in [9.17, 15) is 66.3 Å². The Morgan fingerprint density at radius 1 is 0.656 bits per heavy atom. The van der Waals surface area contributed by atoms with Gasteiger partial charge in [0.2, 0.25) is 5.78 Å². The molecule has 64 heavy (non-hydrogen) atoms. The van der Waals surface area contributed by atoms with Gasteiger partial charge in [0, 0.05) is 28.5 Å². The van der Waals surface area contributed by atoms with Crippen LogP contribution in [0.5, 0.6) is 0 Å². The molecule has 21 nitrogen and oxygen atoms in total. The minimum Gasteiger partial charge on any atom is -0.744 e. The van der Waals surface area contributed by atoms with E-state index in [4.69, 9.17) is 0 Å². The maximum absolute atomic E-state index is 13.4. The number of aryl methyl sites for hydroxylation is 2. The average molecular weight is 989 g/mol. The van der Waals surface area contributed by atoms with Gasteiger partial charge in [-0.2, -0.15) is 10.1 Å². The van der Waals surface area contributed by atoms with Crippen molar-refractivity contribution in [3.05, 3.63) is 128 Å². The molecular weight excluding hydrogens is 965 g/mol. The molecule has 4 N–H and O–H groups in total. The zero-order chi connectivity index (χ0) is 44.1. The van der Waals surface area contributed by atoms with E-state index in [0.29, 0.717) is 11.1 Å². The Balaban J connectivity index is 0.00000352. The molecule has 312 valence electrons. The van der Waals surface area contributed by atoms with Crippen molar-refractivity contribution in [3.63, 3.8) is 0 Å². The monoisotopic (exact) mass is 988 g/mol. The largest absolute Gasteiger partial charge is 1.00 e. The van der Waals surface area contributed by atoms with E-state index < -0.39 is 94.8 Å². The van der Waals surface area contributed by atoms with Gasteiger partial charge in [0.1, 0.15) is 46.2 Å². The molecule has 6 rings (SSSR count). The number of hydrazine groups is 1. The molecule has 0 aromatic heterocycles. The van der Waals surface area contributed by atoms with Crippen molar-refractivity contribution in [2.45, 2.75) is 23.6 Å². The normalized spacial score (nSPS) is 16.0. The van der Waals surface area contributed by atoms with Crippen molar-refractivity contribution in [3.8, 4) is 0 Å². The summed E-state index contributed by atoms with van der Waals surface area (Å²) < 4.78 is 144. The number of rotatable bonds is 10. The zero-order valence-corrected chi connectivity index (χ0v) is 45.5. The van der Waals surface area contributed by atoms with Gasteiger partial charge in [-0.25, -0.2) is 38.5 Å². The number of hydrogen-bond donors (Lipinski definition) is 4. The summed E-state index contributed by atoms with van der Waals surface area (Å²) in [5, 5.41) is 6.01. The fourth-order valence-corrected chi connectivity index (χ4v) is 8.70. The molecule has 3 aromatic carbocycles. The second-order valence-corrected chi connectivity index (χ2v) is 18.2. The van der Waals surface area contributed by atoms with Gasteiger partial charge in [-0.15, -0.1) is 0 Å². The number of hydrogen-bond acceptors (Lipinski definition) is 19. The minimum atomic E-state index is -5.42. The van der Waals surface area contributed by atoms with Crippen molar-refractivity contribution in [2.75, 3.05) is 16.2 Å². The van der Waals surface area contributed by atoms with Crippen LogP contribution >= 0.6 is 0 Å². The molecule has 2 amide bonds. The molecule has 3 aromatic rings. The summed E-state index contributed by atoms with van der Waals surface area (Å²) in [7, 11) is -20.7. The van der Waals surface area contributed by atoms with Gasteiger partial charge in [-0.1, -0.05) is 12.1 Å². The molecule has 0 bridgehead atoms. The van der Waals surface area contributed by atoms with Crippen molar-refractivity contribution in [2.24, 2.45) is 10.1 Å². The summed E-state index contributed by atoms with van der Waals surface area (Å²) in [6, 6.07) is 9.30. The number of ketones is 2. The van der Waals surface area contributed by atoms with E-state index in [2.05, 4.69) is 31.7 Å². The first-order chi connectivity index (χ1) is 27.8. The Hall–Kier alpha value is -2.45. The number of nitrogens with zero attached hydrogens (tertiary/aromatic N) is 2. The molecular formula is C35H24N6Na4O15S4. The van der Waals surface area contributed by atoms with Crippen LogP contribution in [0.2, 0.25) is 0 Å². The molecule has 29 heteroatoms. The maximum Gasteiger partial charge on any atom is 1.00 e. The second kappa shape index (κ2) is 22.1. The van der Waals surface area contributed by atoms with Crippen LogP contribution in [0.3, 0.4) is 0 Å². The number of nitrogens with one attached hydrogen (secondary N) is 4. The summed E-state index contributed by atoms with van der Waals surface area (Å²) in [6.45, 7) is 2.97. The molecule has 0 atom stereocenters. The molecule has 0 heterocycles. The van der Waals surface area contributed by atoms with Crippen molar-refractivity contribution < 1.29 is 184 Å². The number of Topliss-reactive ketones (excluding diaryl/α,β-unsaturated/α-hetero) is 1. The third-order valence-corrected chi connectivity index (χ3v) is 11.9. The van der Waals surface area contributed by atoms with E-state index >= 15 is 0 Å². The molecule has 0 unspecified atom stereocenters. The first kappa shape index (κ1) is 57.7. The number of anilines is 3. The van der Waals surface area contributed by atoms with Crippen LogP contribution in [0.25, 0.3) is 6.08 Å². The van der Waals surface area contributed by atoms with Crippen LogP contribution in [0.15, 0.2) is 125 Å². The van der Waals surface area contributed by atoms with Gasteiger partial charge in [0.05, 0.1) is 42.4 Å². The van der Waals surface area contributed by atoms with Crippen LogP contribution in [0.4, 0.5) is 21.9 Å². The Morgan fingerprint density at radius 2 is 1.33 bits per heavy atom. The van der Waals surface area contributed by atoms with Crippen LogP contribution in [0, 0.1) is 13.8 Å². The second-order valence-electron chi connectivity index (χ2n) is 12.8. The number of carbonyl (C=O) groups is 3. The predicted molar refractivity (Wildman–Crippen MR) is 208 cm³/mol. The molecule has 3 aliphatic carbocycles. The van der Waals surface area contributed by atoms with E-state index in [0.717, 1.165) is 66.8 Å². The Bertz CT molecular complexity index is 3180. The average Bonchev–Trinajstić information content (AvgIpc) is 3.12. The summed E-state index contributed by atoms with van der Waals surface area (Å²) in [5.41, 5.74) is 4.39. The van der Waals surface area contributed by atoms with E-state index in [1.165, 1.54) is 32.0 Å². The van der Waals surface area contributed by atoms with Crippen molar-refractivity contribution in [1.29, 1.82) is 0 Å². The number of urea groups is 1. The fourth-order valence-electron chi connectivity index (χ4n) is 5.91. The number of aliphatic imine (C=N–C) groups is 1. The predicted octanol–water partition coefficient (Wildman–Crippen LogP) is -9.97. The number of allylic oxidation sites excluding steroid dienone is 7. The smallest absolute Gasteiger partial charge is 0.744 e. The Kier molecular flexibility index (Phi) is 19.9. The van der Waals surface area contributed by atoms with Crippen LogP contribution in [-0.2, 0) is 45.3 Å². The fraction of sp³-hybridized carbons (Fsp3) is 0.0571. The van der Waals surface area contributed by atoms with Gasteiger partial charge in [0.15, 0.2) is 5.78 Å². The van der Waals surface area contributed by atoms with Crippen LogP contribution in [0.1, 0.15) is 27.0 Å². The van der Waals surface area contributed by atoms with Gasteiger partial charge in [-0.3, -0.25) is 20.4 Å². The number of amides is 2. The van der Waals surface area contributed by atoms with Crippen LogP contribution < -0.4 is 140 Å². The molecule has 0 fully saturated rings. The molecule has 0 saturated carbocycles. The van der Waals surface area contributed by atoms with Gasteiger partial charge >= 0.3 is 124 Å². The molecule has 0 spiro atoms. The summed E-state index contributed by atoms with van der Waals surface area (Å²) in [5.74, 6) is -1.96. The topological polar surface area (TPSA) is 353 Å². The summed E-state index contributed by atoms with van der Waals surface area (Å²) in [4.78, 5) is 39.9. The van der Waals surface area contributed by atoms with E-state index in [1.54, 1.807) is 0 Å². The number of hydrazone groups is 1. The molecule has 0 saturated heterocycles. The third kappa shape index (κ3) is 13.6. The quantitative estimate of drug-likeness (QED) is 0.0832. The van der Waals surface area contributed by atoms with Crippen LogP contribution in [-0.4, -0.2) is 80.9 Å². The van der Waals surface area contributed by atoms with Crippen molar-refractivity contribution >= 4 is 92.6 Å². The number of fused-ring (bicyclic) bond motifs is 2. The zero-order valence-electron chi connectivity index (χ0n) is 34.2. The third-order valence-electron chi connectivity index (χ3n) is 8.44. The standard InChI is InChI=1S/C35H28N6O15S4.4Na/c1-17-3-8-27(30(11-17)58(48,49)50)39-41-32-31(59(51,52)53)13-19-12-20(4-6-24(19)33(32)43)36-35(44)37-21-5-7-25-26(15-21)29(42)16-28(34(25)60(54,55)56)40-38-22-9-18(2)10-23(14-22)57(45,46)47;;;;/h3-16,38-40H,1-2H3,(H,36,44)(H,45,46,47)(H,48,49,50)(H,51,52,53)(H,54,55,56);;;;/q;4*+1/p-4/b37-21+,41-32+;;;;. The first-order valence-electron chi connectivity index (χ1n) is 16.4. The Morgan fingerprint density at radius 3 is 1.94 bits per heavy atom. The molecule has 0 radical (unpaired) electrons. The summed E-state index contributed by atoms with van der Waals surface area (Å²) in [6.07, 6.45) is 4.66. The minimum absolute atomic E-state index is 0. The molecule has 3 aliphatic rings. The number of carbonyl (C=O) groups excluding carboxylic acids is 3. The van der Waals surface area contributed by atoms with E-state index in [-0.39, 0.29) is 158 Å². The van der Waals surface area contributed by atoms with Crippen molar-refractivity contribution in [1.82, 2.24) is 5.43 Å². The van der Waals surface area contributed by atoms with Gasteiger partial charge < -0.3 is 29.0 Å². The van der Waals surface area contributed by atoms with E-state index in [1.807, 2.05) is 0 Å². The number of benzene rings is 3. The molecule has 0 aliphatic heterocycles. The van der Waals surface area contributed by atoms with Gasteiger partial charge in [0.25, 0.3) is 0 Å². The summed E-state index contributed by atoms with van der Waals surface area (Å²) >= 11 is 0. The maximum atomic E-state index is 13.4.